The monoisotopic (exact) mass is 236 g/mol. The zero-order valence-corrected chi connectivity index (χ0v) is 9.89. The van der Waals surface area contributed by atoms with Crippen LogP contribution in [0.4, 0.5) is 0 Å². The van der Waals surface area contributed by atoms with Crippen LogP contribution in [0.3, 0.4) is 0 Å². The number of nitrogens with zero attached hydrogens (tertiary/aromatic N) is 4. The van der Waals surface area contributed by atoms with E-state index in [2.05, 4.69) is 31.7 Å². The van der Waals surface area contributed by atoms with Gasteiger partial charge in [-0.1, -0.05) is 0 Å². The summed E-state index contributed by atoms with van der Waals surface area (Å²) in [5.74, 6) is 0. The van der Waals surface area contributed by atoms with Crippen LogP contribution in [0, 0.1) is 6.92 Å². The van der Waals surface area contributed by atoms with Crippen molar-refractivity contribution in [2.24, 2.45) is 0 Å². The second-order valence-corrected chi connectivity index (χ2v) is 4.79. The van der Waals surface area contributed by atoms with E-state index in [-0.39, 0.29) is 0 Å². The lowest BCUT2D eigenvalue weighted by molar-refractivity contribution is 1.06. The predicted octanol–water partition coefficient (Wildman–Crippen LogP) is 2.37. The summed E-state index contributed by atoms with van der Waals surface area (Å²) in [7, 11) is 0. The highest BCUT2D eigenvalue weighted by atomic mass is 32.2. The average Bonchev–Trinajstić information content (AvgIpc) is 2.78. The Morgan fingerprint density at radius 3 is 3.07 bits per heavy atom. The van der Waals surface area contributed by atoms with E-state index in [9.17, 15) is 0 Å². The molecule has 3 rings (SSSR count). The normalized spacial score (nSPS) is 11.6. The zero-order chi connectivity index (χ0) is 10.4. The number of aryl methyl sites for hydroxylation is 1. The molecule has 0 unspecified atom stereocenters. The van der Waals surface area contributed by atoms with Crippen molar-refractivity contribution in [2.75, 3.05) is 6.26 Å². The highest BCUT2D eigenvalue weighted by Gasteiger charge is 2.13. The molecular weight excluding hydrogens is 228 g/mol. The van der Waals surface area contributed by atoms with E-state index >= 15 is 0 Å². The van der Waals surface area contributed by atoms with Crippen LogP contribution in [-0.2, 0) is 0 Å². The first-order valence-corrected chi connectivity index (χ1v) is 6.53. The molecule has 0 aliphatic heterocycles. The van der Waals surface area contributed by atoms with Gasteiger partial charge in [-0.15, -0.1) is 23.1 Å². The summed E-state index contributed by atoms with van der Waals surface area (Å²) in [4.78, 5) is 13.9. The molecule has 15 heavy (non-hydrogen) atoms. The van der Waals surface area contributed by atoms with Gasteiger partial charge in [0.05, 0.1) is 0 Å². The minimum Gasteiger partial charge on any atom is -0.284 e. The van der Waals surface area contributed by atoms with Gasteiger partial charge in [0.25, 0.3) is 0 Å². The van der Waals surface area contributed by atoms with Gasteiger partial charge in [0, 0.05) is 11.1 Å². The lowest BCUT2D eigenvalue weighted by Gasteiger charge is -1.98. The van der Waals surface area contributed by atoms with Crippen molar-refractivity contribution >= 4 is 39.2 Å². The van der Waals surface area contributed by atoms with E-state index in [0.29, 0.717) is 0 Å². The van der Waals surface area contributed by atoms with E-state index in [0.717, 1.165) is 21.2 Å². The molecular formula is C9H8N4S2. The van der Waals surface area contributed by atoms with Crippen molar-refractivity contribution in [1.29, 1.82) is 0 Å². The van der Waals surface area contributed by atoms with E-state index in [1.54, 1.807) is 29.4 Å². The molecule has 76 valence electrons. The van der Waals surface area contributed by atoms with Crippen LogP contribution < -0.4 is 0 Å². The topological polar surface area (TPSA) is 43.1 Å². The average molecular weight is 236 g/mol. The largest absolute Gasteiger partial charge is 0.284 e. The molecule has 3 aromatic rings. The minimum atomic E-state index is 0.782. The Morgan fingerprint density at radius 2 is 2.27 bits per heavy atom. The maximum absolute atomic E-state index is 4.46. The lowest BCUT2D eigenvalue weighted by Crippen LogP contribution is -1.89. The summed E-state index contributed by atoms with van der Waals surface area (Å²) in [6.45, 7) is 2.07. The number of hydrogen-bond donors (Lipinski definition) is 0. The van der Waals surface area contributed by atoms with Crippen molar-refractivity contribution in [1.82, 2.24) is 19.4 Å². The maximum atomic E-state index is 4.46. The summed E-state index contributed by atoms with van der Waals surface area (Å²) in [5.41, 5.74) is 2.99. The molecule has 0 amide bonds. The lowest BCUT2D eigenvalue weighted by atomic mass is 10.5. The fourth-order valence-corrected chi connectivity index (χ4v) is 3.00. The highest BCUT2D eigenvalue weighted by Crippen LogP contribution is 2.27. The van der Waals surface area contributed by atoms with Crippen molar-refractivity contribution in [3.63, 3.8) is 0 Å². The summed E-state index contributed by atoms with van der Waals surface area (Å²) in [5, 5.41) is 3.08. The number of rotatable bonds is 1. The zero-order valence-electron chi connectivity index (χ0n) is 8.26. The molecule has 6 heteroatoms. The Balaban J connectivity index is 2.59. The molecule has 0 aliphatic carbocycles. The fraction of sp³-hybridized carbons (Fsp3) is 0.222. The second-order valence-electron chi connectivity index (χ2n) is 3.16. The quantitative estimate of drug-likeness (QED) is 0.480. The Bertz CT molecular complexity index is 640. The first-order chi connectivity index (χ1) is 7.31. The third kappa shape index (κ3) is 1.18. The first-order valence-electron chi connectivity index (χ1n) is 4.42. The number of hydrogen-bond acceptors (Lipinski definition) is 5. The molecule has 0 N–H and O–H groups in total. The van der Waals surface area contributed by atoms with Gasteiger partial charge in [0.1, 0.15) is 16.9 Å². The molecule has 3 aromatic heterocycles. The van der Waals surface area contributed by atoms with Crippen LogP contribution in [0.25, 0.3) is 16.1 Å². The first kappa shape index (κ1) is 9.11. The molecule has 0 aliphatic rings. The Labute approximate surface area is 94.4 Å². The molecule has 0 spiro atoms. The molecule has 0 atom stereocenters. The van der Waals surface area contributed by atoms with Gasteiger partial charge in [0.2, 0.25) is 0 Å². The van der Waals surface area contributed by atoms with E-state index < -0.39 is 0 Å². The number of aromatic nitrogens is 4. The standard InChI is InChI=1S/C9H8N4S2/c1-5-3-15-9-12-7-6(13(5)9)8(14-2)11-4-10-7/h3-4H,1-2H3. The molecule has 0 saturated carbocycles. The number of fused-ring (bicyclic) bond motifs is 3. The predicted molar refractivity (Wildman–Crippen MR) is 62.7 cm³/mol. The minimum absolute atomic E-state index is 0.782. The maximum Gasteiger partial charge on any atom is 0.196 e. The van der Waals surface area contributed by atoms with E-state index in [1.165, 1.54) is 5.69 Å². The van der Waals surface area contributed by atoms with Crippen LogP contribution in [-0.4, -0.2) is 25.6 Å². The molecule has 0 bridgehead atoms. The molecule has 3 heterocycles. The van der Waals surface area contributed by atoms with Crippen LogP contribution in [0.5, 0.6) is 0 Å². The Morgan fingerprint density at radius 1 is 1.40 bits per heavy atom. The molecule has 0 aromatic carbocycles. The highest BCUT2D eigenvalue weighted by molar-refractivity contribution is 7.98. The molecule has 0 saturated heterocycles. The Hall–Kier alpha value is -1.14. The Kier molecular flexibility index (Phi) is 1.93. The molecule has 0 fully saturated rings. The van der Waals surface area contributed by atoms with Gasteiger partial charge in [-0.25, -0.2) is 9.97 Å². The summed E-state index contributed by atoms with van der Waals surface area (Å²) in [6, 6.07) is 0. The van der Waals surface area contributed by atoms with Crippen LogP contribution >= 0.6 is 23.1 Å². The van der Waals surface area contributed by atoms with Gasteiger partial charge in [-0.2, -0.15) is 4.98 Å². The summed E-state index contributed by atoms with van der Waals surface area (Å²) >= 11 is 3.26. The van der Waals surface area contributed by atoms with Gasteiger partial charge in [0.15, 0.2) is 10.6 Å². The summed E-state index contributed by atoms with van der Waals surface area (Å²) < 4.78 is 2.12. The second kappa shape index (κ2) is 3.18. The summed E-state index contributed by atoms with van der Waals surface area (Å²) in [6.07, 6.45) is 3.59. The van der Waals surface area contributed by atoms with Gasteiger partial charge in [-0.3, -0.25) is 4.40 Å². The number of thiazole rings is 1. The van der Waals surface area contributed by atoms with Crippen molar-refractivity contribution in [3.8, 4) is 0 Å². The smallest absolute Gasteiger partial charge is 0.196 e. The van der Waals surface area contributed by atoms with Gasteiger partial charge in [-0.05, 0) is 13.2 Å². The third-order valence-electron chi connectivity index (χ3n) is 2.27. The van der Waals surface area contributed by atoms with Crippen molar-refractivity contribution in [3.05, 3.63) is 17.4 Å². The van der Waals surface area contributed by atoms with Gasteiger partial charge < -0.3 is 0 Å². The molecule has 0 radical (unpaired) electrons. The number of imidazole rings is 1. The SMILES string of the molecule is CSc1ncnc2nc3scc(C)n3c12. The van der Waals surface area contributed by atoms with Crippen LogP contribution in [0.2, 0.25) is 0 Å². The van der Waals surface area contributed by atoms with E-state index in [4.69, 9.17) is 0 Å². The molecule has 4 nitrogen and oxygen atoms in total. The number of thioether (sulfide) groups is 1. The van der Waals surface area contributed by atoms with Crippen molar-refractivity contribution < 1.29 is 0 Å². The van der Waals surface area contributed by atoms with Gasteiger partial charge >= 0.3 is 0 Å². The fourth-order valence-electron chi connectivity index (χ4n) is 1.61. The van der Waals surface area contributed by atoms with E-state index in [1.807, 2.05) is 6.26 Å². The third-order valence-corrected chi connectivity index (χ3v) is 3.90. The van der Waals surface area contributed by atoms with Crippen molar-refractivity contribution in [2.45, 2.75) is 11.9 Å². The van der Waals surface area contributed by atoms with Crippen LogP contribution in [0.15, 0.2) is 16.7 Å². The van der Waals surface area contributed by atoms with Crippen LogP contribution in [0.1, 0.15) is 5.69 Å².